The molecule has 0 aliphatic rings. The molecule has 0 unspecified atom stereocenters. The van der Waals surface area contributed by atoms with Gasteiger partial charge < -0.3 is 9.74 Å². The van der Waals surface area contributed by atoms with Crippen LogP contribution in [0.3, 0.4) is 0 Å². The van der Waals surface area contributed by atoms with Crippen molar-refractivity contribution >= 4 is 36.4 Å². The normalized spacial score (nSPS) is 11.9. The second-order valence-electron chi connectivity index (χ2n) is 6.74. The summed E-state index contributed by atoms with van der Waals surface area (Å²) in [5, 5.41) is 4.22. The molecule has 0 bridgehead atoms. The Kier molecular flexibility index (Phi) is 4.60. The van der Waals surface area contributed by atoms with E-state index in [4.69, 9.17) is 9.41 Å². The van der Waals surface area contributed by atoms with Gasteiger partial charge in [-0.25, -0.2) is 9.97 Å². The van der Waals surface area contributed by atoms with Crippen LogP contribution < -0.4 is 9.74 Å². The Labute approximate surface area is 148 Å². The van der Waals surface area contributed by atoms with Crippen molar-refractivity contribution in [3.63, 3.8) is 0 Å². The molecule has 24 heavy (non-hydrogen) atoms. The summed E-state index contributed by atoms with van der Waals surface area (Å²) in [6.45, 7) is 8.90. The van der Waals surface area contributed by atoms with E-state index >= 15 is 0 Å². The maximum absolute atomic E-state index is 6.19. The van der Waals surface area contributed by atoms with Gasteiger partial charge in [0, 0.05) is 18.8 Å². The molecule has 125 valence electrons. The van der Waals surface area contributed by atoms with Crippen LogP contribution in [-0.2, 0) is 0 Å². The summed E-state index contributed by atoms with van der Waals surface area (Å²) in [4.78, 5) is 9.08. The number of nitrogens with zero attached hydrogens (tertiary/aromatic N) is 2. The number of aromatic nitrogens is 2. The van der Waals surface area contributed by atoms with Crippen molar-refractivity contribution in [2.24, 2.45) is 0 Å². The van der Waals surface area contributed by atoms with Crippen LogP contribution in [0, 0.1) is 0 Å². The monoisotopic (exact) mass is 355 g/mol. The molecular weight excluding hydrogens is 333 g/mol. The molecule has 0 saturated heterocycles. The smallest absolute Gasteiger partial charge is 0.283 e. The van der Waals surface area contributed by atoms with E-state index in [1.54, 1.807) is 11.3 Å². The van der Waals surface area contributed by atoms with Gasteiger partial charge >= 0.3 is 0 Å². The van der Waals surface area contributed by atoms with Crippen molar-refractivity contribution in [2.45, 2.75) is 32.4 Å². The zero-order valence-electron chi connectivity index (χ0n) is 14.7. The molecule has 0 aliphatic carbocycles. The van der Waals surface area contributed by atoms with Crippen LogP contribution >= 0.6 is 11.3 Å². The highest BCUT2D eigenvalue weighted by Crippen LogP contribution is 2.34. The Balaban J connectivity index is 1.88. The van der Waals surface area contributed by atoms with Crippen LogP contribution in [0.2, 0.25) is 11.6 Å². The molecule has 1 N–H and O–H groups in total. The molecule has 3 rings (SSSR count). The second kappa shape index (κ2) is 6.53. The third kappa shape index (κ3) is 3.60. The zero-order valence-corrected chi connectivity index (χ0v) is 16.5. The molecule has 0 spiro atoms. The molecule has 0 fully saturated rings. The molecule has 2 heterocycles. The topological polar surface area (TPSA) is 47.0 Å². The Morgan fingerprint density at radius 1 is 1.17 bits per heavy atom. The summed E-state index contributed by atoms with van der Waals surface area (Å²) in [5.74, 6) is 1.79. The van der Waals surface area contributed by atoms with E-state index in [9.17, 15) is 0 Å². The molecular formula is C18H22N3OSSi. The fourth-order valence-corrected chi connectivity index (χ4v) is 3.86. The van der Waals surface area contributed by atoms with Gasteiger partial charge in [0.1, 0.15) is 16.6 Å². The summed E-state index contributed by atoms with van der Waals surface area (Å²) >= 11 is 1.67. The summed E-state index contributed by atoms with van der Waals surface area (Å²) < 4.78 is 7.33. The third-order valence-corrected chi connectivity index (χ3v) is 7.68. The number of hydrogen-bond acceptors (Lipinski definition) is 5. The van der Waals surface area contributed by atoms with E-state index in [-0.39, 0.29) is 5.04 Å². The van der Waals surface area contributed by atoms with Crippen molar-refractivity contribution in [2.75, 3.05) is 12.4 Å². The number of pyridine rings is 1. The molecule has 6 heteroatoms. The van der Waals surface area contributed by atoms with Gasteiger partial charge in [-0.1, -0.05) is 20.8 Å². The molecule has 0 aliphatic heterocycles. The lowest BCUT2D eigenvalue weighted by atomic mass is 10.3. The minimum Gasteiger partial charge on any atom is -0.542 e. The molecule has 2 aromatic heterocycles. The van der Waals surface area contributed by atoms with E-state index in [0.29, 0.717) is 0 Å². The fraction of sp³-hybridized carbons (Fsp3) is 0.333. The standard InChI is InChI=1S/C18H22N3OSSi/c1-18(2,3)24(5)22-13-7-8-14-15(10-13)23-17(21-14)12-6-9-16(19-4)20-11-12/h6-11H,1-5H3,(H,19,20)/i4-1. The van der Waals surface area contributed by atoms with Gasteiger partial charge in [-0.3, -0.25) is 0 Å². The van der Waals surface area contributed by atoms with Gasteiger partial charge in [0.05, 0.1) is 10.2 Å². The van der Waals surface area contributed by atoms with E-state index in [0.717, 1.165) is 32.4 Å². The van der Waals surface area contributed by atoms with Crippen molar-refractivity contribution in [3.05, 3.63) is 36.5 Å². The first-order valence-corrected chi connectivity index (χ1v) is 10.7. The Hall–Kier alpha value is -1.92. The van der Waals surface area contributed by atoms with Gasteiger partial charge in [-0.15, -0.1) is 11.3 Å². The predicted molar refractivity (Wildman–Crippen MR) is 104 cm³/mol. The van der Waals surface area contributed by atoms with Gasteiger partial charge in [0.25, 0.3) is 9.04 Å². The van der Waals surface area contributed by atoms with E-state index in [1.807, 2.05) is 37.5 Å². The van der Waals surface area contributed by atoms with Crippen LogP contribution in [0.1, 0.15) is 20.8 Å². The van der Waals surface area contributed by atoms with Gasteiger partial charge in [-0.05, 0) is 41.9 Å². The average molecular weight is 356 g/mol. The molecule has 1 aromatic carbocycles. The Morgan fingerprint density at radius 3 is 2.58 bits per heavy atom. The quantitative estimate of drug-likeness (QED) is 0.653. The Bertz CT molecular complexity index is 840. The number of hydrogen-bond donors (Lipinski definition) is 1. The highest BCUT2D eigenvalue weighted by Gasteiger charge is 2.26. The summed E-state index contributed by atoms with van der Waals surface area (Å²) in [7, 11) is 0.953. The van der Waals surface area contributed by atoms with Crippen molar-refractivity contribution in [3.8, 4) is 16.3 Å². The fourth-order valence-electron chi connectivity index (χ4n) is 2.09. The Morgan fingerprint density at radius 2 is 1.96 bits per heavy atom. The number of thiazole rings is 1. The van der Waals surface area contributed by atoms with E-state index in [1.165, 1.54) is 0 Å². The lowest BCUT2D eigenvalue weighted by molar-refractivity contribution is 0.521. The van der Waals surface area contributed by atoms with Crippen LogP contribution in [0.4, 0.5) is 5.82 Å². The molecule has 4 nitrogen and oxygen atoms in total. The lowest BCUT2D eigenvalue weighted by Crippen LogP contribution is -2.28. The largest absolute Gasteiger partial charge is 0.542 e. The second-order valence-corrected chi connectivity index (χ2v) is 10.6. The number of fused-ring (bicyclic) bond motifs is 1. The van der Waals surface area contributed by atoms with Crippen LogP contribution in [-0.4, -0.2) is 26.1 Å². The van der Waals surface area contributed by atoms with E-state index in [2.05, 4.69) is 43.7 Å². The number of rotatable bonds is 4. The van der Waals surface area contributed by atoms with Crippen molar-refractivity contribution in [1.29, 1.82) is 0 Å². The molecule has 0 atom stereocenters. The maximum atomic E-state index is 6.19. The predicted octanol–water partition coefficient (Wildman–Crippen LogP) is 5.20. The minimum atomic E-state index is -0.911. The minimum absolute atomic E-state index is 0.208. The number of benzene rings is 1. The van der Waals surface area contributed by atoms with Gasteiger partial charge in [0.2, 0.25) is 0 Å². The van der Waals surface area contributed by atoms with Crippen molar-refractivity contribution < 1.29 is 4.43 Å². The number of anilines is 1. The van der Waals surface area contributed by atoms with Crippen LogP contribution in [0.5, 0.6) is 5.75 Å². The molecule has 3 aromatic rings. The van der Waals surface area contributed by atoms with Gasteiger partial charge in [-0.2, -0.15) is 0 Å². The van der Waals surface area contributed by atoms with Gasteiger partial charge in [0.15, 0.2) is 0 Å². The first-order valence-electron chi connectivity index (χ1n) is 7.93. The third-order valence-electron chi connectivity index (χ3n) is 3.95. The summed E-state index contributed by atoms with van der Waals surface area (Å²) in [6, 6.07) is 10.2. The molecule has 1 radical (unpaired) electrons. The SMILES string of the molecule is C[Si](Oc1ccc2nc(-c3ccc(N[11CH3])nc3)sc2c1)C(C)(C)C. The molecule has 0 amide bonds. The first kappa shape index (κ1) is 16.9. The maximum Gasteiger partial charge on any atom is 0.283 e. The van der Waals surface area contributed by atoms with Crippen LogP contribution in [0.25, 0.3) is 20.8 Å². The summed E-state index contributed by atoms with van der Waals surface area (Å²) in [5.41, 5.74) is 2.04. The average Bonchev–Trinajstić information content (AvgIpc) is 2.97. The highest BCUT2D eigenvalue weighted by atomic mass is 32.1. The summed E-state index contributed by atoms with van der Waals surface area (Å²) in [6.07, 6.45) is 1.85. The zero-order chi connectivity index (χ0) is 17.3. The first-order chi connectivity index (χ1) is 11.4. The van der Waals surface area contributed by atoms with Crippen LogP contribution in [0.15, 0.2) is 36.5 Å². The highest BCUT2D eigenvalue weighted by molar-refractivity contribution is 7.21. The number of nitrogens with one attached hydrogen (secondary N) is 1. The molecule has 0 saturated carbocycles. The lowest BCUT2D eigenvalue weighted by Gasteiger charge is -2.25. The van der Waals surface area contributed by atoms with Crippen molar-refractivity contribution in [1.82, 2.24) is 9.97 Å². The van der Waals surface area contributed by atoms with E-state index < -0.39 is 9.04 Å².